The molecule has 4 atom stereocenters. The molecule has 0 spiro atoms. The molecule has 1 aromatic carbocycles. The Morgan fingerprint density at radius 2 is 1.96 bits per heavy atom. The van der Waals surface area contributed by atoms with Crippen molar-refractivity contribution in [2.45, 2.75) is 91.1 Å². The van der Waals surface area contributed by atoms with Gasteiger partial charge in [0.25, 0.3) is 0 Å². The summed E-state index contributed by atoms with van der Waals surface area (Å²) >= 11 is 0. The van der Waals surface area contributed by atoms with E-state index in [1.165, 1.54) is 24.0 Å². The molecular weight excluding hydrogens is 344 g/mol. The molecule has 2 saturated carbocycles. The zero-order valence-corrected chi connectivity index (χ0v) is 18.5. The monoisotopic (exact) mass is 382 g/mol. The Morgan fingerprint density at radius 1 is 1.25 bits per heavy atom. The van der Waals surface area contributed by atoms with Crippen molar-refractivity contribution in [1.82, 2.24) is 0 Å². The molecule has 2 nitrogen and oxygen atoms in total. The third-order valence-corrected chi connectivity index (χ3v) is 7.61. The number of carbonyl (C=O) groups excluding carboxylic acids is 1. The van der Waals surface area contributed by atoms with E-state index >= 15 is 0 Å². The Labute approximate surface area is 171 Å². The van der Waals surface area contributed by atoms with Crippen LogP contribution in [0.25, 0.3) is 0 Å². The maximum Gasteiger partial charge on any atom is 0.306 e. The average Bonchev–Trinajstić information content (AvgIpc) is 3.02. The first-order valence-electron chi connectivity index (χ1n) is 11.2. The molecule has 0 radical (unpaired) electrons. The van der Waals surface area contributed by atoms with Crippen LogP contribution in [-0.2, 0) is 14.9 Å². The van der Waals surface area contributed by atoms with Crippen molar-refractivity contribution < 1.29 is 9.53 Å². The van der Waals surface area contributed by atoms with Gasteiger partial charge < -0.3 is 4.74 Å². The van der Waals surface area contributed by atoms with Crippen LogP contribution in [0.3, 0.4) is 0 Å². The summed E-state index contributed by atoms with van der Waals surface area (Å²) in [6, 6.07) is 10.7. The summed E-state index contributed by atoms with van der Waals surface area (Å²) in [6.07, 6.45) is 9.50. The number of rotatable bonds is 5. The predicted octanol–water partition coefficient (Wildman–Crippen LogP) is 6.84. The molecule has 2 fully saturated rings. The summed E-state index contributed by atoms with van der Waals surface area (Å²) in [6.45, 7) is 11.3. The van der Waals surface area contributed by atoms with Crippen LogP contribution < -0.4 is 0 Å². The highest BCUT2D eigenvalue weighted by Gasteiger charge is 2.43. The van der Waals surface area contributed by atoms with E-state index in [2.05, 4.69) is 71.0 Å². The number of hydrogen-bond acceptors (Lipinski definition) is 2. The highest BCUT2D eigenvalue weighted by atomic mass is 16.5. The second-order valence-corrected chi connectivity index (χ2v) is 10.0. The van der Waals surface area contributed by atoms with E-state index in [9.17, 15) is 4.79 Å². The molecule has 154 valence electrons. The lowest BCUT2D eigenvalue weighted by molar-refractivity contribution is -0.158. The topological polar surface area (TPSA) is 26.3 Å². The van der Waals surface area contributed by atoms with Crippen LogP contribution in [0.5, 0.6) is 0 Å². The molecule has 1 aromatic rings. The van der Waals surface area contributed by atoms with Crippen LogP contribution in [0, 0.1) is 17.3 Å². The van der Waals surface area contributed by atoms with Gasteiger partial charge in [-0.25, -0.2) is 0 Å². The van der Waals surface area contributed by atoms with Gasteiger partial charge in [0.05, 0.1) is 6.42 Å². The minimum Gasteiger partial charge on any atom is -0.462 e. The Hall–Kier alpha value is -1.57. The summed E-state index contributed by atoms with van der Waals surface area (Å²) in [5.74, 6) is 0.984. The van der Waals surface area contributed by atoms with Crippen LogP contribution in [0.4, 0.5) is 0 Å². The third kappa shape index (κ3) is 4.36. The molecule has 0 N–H and O–H groups in total. The normalized spacial score (nSPS) is 32.5. The molecule has 0 bridgehead atoms. The predicted molar refractivity (Wildman–Crippen MR) is 116 cm³/mol. The van der Waals surface area contributed by atoms with Crippen molar-refractivity contribution >= 4 is 5.97 Å². The first kappa shape index (κ1) is 21.1. The van der Waals surface area contributed by atoms with Crippen molar-refractivity contribution in [3.05, 3.63) is 47.5 Å². The molecule has 28 heavy (non-hydrogen) atoms. The Kier molecular flexibility index (Phi) is 6.37. The molecule has 3 rings (SSSR count). The number of ether oxygens (including phenoxy) is 1. The first-order valence-corrected chi connectivity index (χ1v) is 11.2. The summed E-state index contributed by atoms with van der Waals surface area (Å²) in [5, 5.41) is 0. The van der Waals surface area contributed by atoms with Crippen molar-refractivity contribution in [1.29, 1.82) is 0 Å². The van der Waals surface area contributed by atoms with Gasteiger partial charge >= 0.3 is 5.97 Å². The standard InChI is InChI=1S/C26H38O2/c1-6-20-13-10-16-26(20,5)18-24(27)28-23-17-19(2)14-15-22(23)25(3,4)21-11-8-7-9-12-21/h6-9,11-12,19,22-23H,10,13-18H2,1-5H3/b20-6+/t19-,22-,23-,26-/m1/s1. The van der Waals surface area contributed by atoms with E-state index < -0.39 is 0 Å². The molecule has 0 amide bonds. The van der Waals surface area contributed by atoms with Gasteiger partial charge in [-0.3, -0.25) is 4.79 Å². The van der Waals surface area contributed by atoms with E-state index in [0.717, 1.165) is 25.7 Å². The fourth-order valence-corrected chi connectivity index (χ4v) is 5.72. The lowest BCUT2D eigenvalue weighted by Crippen LogP contribution is -2.43. The maximum absolute atomic E-state index is 13.0. The van der Waals surface area contributed by atoms with E-state index in [1.54, 1.807) is 0 Å². The fourth-order valence-electron chi connectivity index (χ4n) is 5.72. The highest BCUT2D eigenvalue weighted by molar-refractivity contribution is 5.71. The van der Waals surface area contributed by atoms with Crippen molar-refractivity contribution in [2.24, 2.45) is 17.3 Å². The molecule has 0 unspecified atom stereocenters. The van der Waals surface area contributed by atoms with E-state index in [1.807, 2.05) is 0 Å². The Balaban J connectivity index is 1.75. The summed E-state index contributed by atoms with van der Waals surface area (Å²) in [5.41, 5.74) is 2.77. The fraction of sp³-hybridized carbons (Fsp3) is 0.654. The highest BCUT2D eigenvalue weighted by Crippen LogP contribution is 2.47. The molecule has 2 heteroatoms. The van der Waals surface area contributed by atoms with Crippen LogP contribution in [0.1, 0.15) is 85.1 Å². The largest absolute Gasteiger partial charge is 0.462 e. The van der Waals surface area contributed by atoms with Gasteiger partial charge in [-0.1, -0.05) is 76.1 Å². The molecule has 0 heterocycles. The molecule has 0 saturated heterocycles. The first-order chi connectivity index (χ1) is 13.3. The summed E-state index contributed by atoms with van der Waals surface area (Å²) < 4.78 is 6.24. The molecule has 0 aromatic heterocycles. The zero-order chi connectivity index (χ0) is 20.4. The van der Waals surface area contributed by atoms with E-state index in [0.29, 0.717) is 18.3 Å². The number of allylic oxidation sites excluding steroid dienone is 2. The molecule has 0 aliphatic heterocycles. The van der Waals surface area contributed by atoms with Crippen LogP contribution >= 0.6 is 0 Å². The second-order valence-electron chi connectivity index (χ2n) is 10.0. The lowest BCUT2D eigenvalue weighted by atomic mass is 9.64. The quantitative estimate of drug-likeness (QED) is 0.412. The minimum absolute atomic E-state index is 0.00190. The van der Waals surface area contributed by atoms with Gasteiger partial charge in [0.1, 0.15) is 6.10 Å². The third-order valence-electron chi connectivity index (χ3n) is 7.61. The van der Waals surface area contributed by atoms with Crippen molar-refractivity contribution in [2.75, 3.05) is 0 Å². The van der Waals surface area contributed by atoms with E-state index in [4.69, 9.17) is 4.74 Å². The molecular formula is C26H38O2. The second kappa shape index (κ2) is 8.43. The minimum atomic E-state index is -0.00341. The zero-order valence-electron chi connectivity index (χ0n) is 18.5. The van der Waals surface area contributed by atoms with Gasteiger partial charge in [-0.15, -0.1) is 0 Å². The number of carbonyl (C=O) groups is 1. The van der Waals surface area contributed by atoms with Gasteiger partial charge in [0, 0.05) is 5.92 Å². The van der Waals surface area contributed by atoms with Crippen LogP contribution in [0.15, 0.2) is 42.0 Å². The van der Waals surface area contributed by atoms with Gasteiger partial charge in [-0.2, -0.15) is 0 Å². The van der Waals surface area contributed by atoms with E-state index in [-0.39, 0.29) is 22.9 Å². The Bertz CT molecular complexity index is 702. The average molecular weight is 383 g/mol. The van der Waals surface area contributed by atoms with Gasteiger partial charge in [-0.05, 0) is 61.3 Å². The Morgan fingerprint density at radius 3 is 2.64 bits per heavy atom. The van der Waals surface area contributed by atoms with Crippen molar-refractivity contribution in [3.63, 3.8) is 0 Å². The van der Waals surface area contributed by atoms with Crippen LogP contribution in [-0.4, -0.2) is 12.1 Å². The van der Waals surface area contributed by atoms with Crippen molar-refractivity contribution in [3.8, 4) is 0 Å². The summed E-state index contributed by atoms with van der Waals surface area (Å²) in [4.78, 5) is 13.0. The summed E-state index contributed by atoms with van der Waals surface area (Å²) in [7, 11) is 0. The SMILES string of the molecule is C/C=C1\CCC[C@]1(C)CC(=O)O[C@@H]1C[C@H](C)CC[C@H]1C(C)(C)c1ccccc1. The van der Waals surface area contributed by atoms with Crippen LogP contribution in [0.2, 0.25) is 0 Å². The van der Waals surface area contributed by atoms with Gasteiger partial charge in [0.2, 0.25) is 0 Å². The lowest BCUT2D eigenvalue weighted by Gasteiger charge is -2.44. The maximum atomic E-state index is 13.0. The number of esters is 1. The number of hydrogen-bond donors (Lipinski definition) is 0. The molecule has 2 aliphatic carbocycles. The van der Waals surface area contributed by atoms with Gasteiger partial charge in [0.15, 0.2) is 0 Å². The smallest absolute Gasteiger partial charge is 0.306 e. The number of benzene rings is 1. The molecule has 2 aliphatic rings.